The second-order valence-electron chi connectivity index (χ2n) is 7.42. The molecule has 162 valence electrons. The van der Waals surface area contributed by atoms with Gasteiger partial charge in [0.2, 0.25) is 0 Å². The van der Waals surface area contributed by atoms with Crippen molar-refractivity contribution in [2.75, 3.05) is 51.3 Å². The molecule has 2 heterocycles. The van der Waals surface area contributed by atoms with Crippen LogP contribution in [0.5, 0.6) is 0 Å². The lowest BCUT2D eigenvalue weighted by molar-refractivity contribution is -0.114. The van der Waals surface area contributed by atoms with Crippen LogP contribution in [0, 0.1) is 0 Å². The predicted octanol–water partition coefficient (Wildman–Crippen LogP) is 3.51. The molecule has 1 saturated heterocycles. The fourth-order valence-electron chi connectivity index (χ4n) is 3.54. The summed E-state index contributed by atoms with van der Waals surface area (Å²) in [5.74, 6) is -0.246. The summed E-state index contributed by atoms with van der Waals surface area (Å²) in [6, 6.07) is 12.9. The van der Waals surface area contributed by atoms with Crippen molar-refractivity contribution in [3.05, 3.63) is 63.5 Å². The summed E-state index contributed by atoms with van der Waals surface area (Å²) in [6.45, 7) is 4.64. The van der Waals surface area contributed by atoms with E-state index in [0.717, 1.165) is 49.0 Å². The first kappa shape index (κ1) is 21.9. The molecule has 0 atom stereocenters. The molecule has 0 aromatic heterocycles. The molecule has 6 nitrogen and oxygen atoms in total. The van der Waals surface area contributed by atoms with Crippen LogP contribution in [-0.2, 0) is 9.53 Å². The Morgan fingerprint density at radius 1 is 1.23 bits per heavy atom. The predicted molar refractivity (Wildman–Crippen MR) is 125 cm³/mol. The standard InChI is InChI=1S/C23H24ClN3O3S/c1-26-19-15-17(22(28)25-7-8-27-9-11-30-12-10-27)5-6-20(19)31-21(23(26)29)14-16-3-2-4-18(24)13-16/h2-6,13-15H,7-12H2,1H3,(H,25,28)/b21-14-. The molecule has 0 aliphatic carbocycles. The number of carbonyl (C=O) groups excluding carboxylic acids is 2. The molecule has 2 amide bonds. The van der Waals surface area contributed by atoms with E-state index in [4.69, 9.17) is 16.3 Å². The van der Waals surface area contributed by atoms with Gasteiger partial charge in [0.25, 0.3) is 11.8 Å². The van der Waals surface area contributed by atoms with E-state index in [-0.39, 0.29) is 11.8 Å². The number of hydrogen-bond acceptors (Lipinski definition) is 5. The molecule has 0 radical (unpaired) electrons. The zero-order valence-electron chi connectivity index (χ0n) is 17.3. The van der Waals surface area contributed by atoms with Gasteiger partial charge in [0.05, 0.1) is 23.8 Å². The van der Waals surface area contributed by atoms with Gasteiger partial charge >= 0.3 is 0 Å². The van der Waals surface area contributed by atoms with Crippen molar-refractivity contribution in [2.24, 2.45) is 0 Å². The molecular weight excluding hydrogens is 434 g/mol. The minimum Gasteiger partial charge on any atom is -0.379 e. The zero-order valence-corrected chi connectivity index (χ0v) is 18.8. The Morgan fingerprint density at radius 3 is 2.81 bits per heavy atom. The minimum atomic E-state index is -0.137. The van der Waals surface area contributed by atoms with Crippen LogP contribution < -0.4 is 10.2 Å². The Kier molecular flexibility index (Phi) is 6.97. The first-order chi connectivity index (χ1) is 15.0. The monoisotopic (exact) mass is 457 g/mol. The Labute approximate surface area is 191 Å². The maximum Gasteiger partial charge on any atom is 0.264 e. The molecule has 2 aliphatic rings. The number of nitrogens with one attached hydrogen (secondary N) is 1. The number of anilines is 1. The molecular formula is C23H24ClN3O3S. The smallest absolute Gasteiger partial charge is 0.264 e. The Balaban J connectivity index is 1.45. The number of fused-ring (bicyclic) bond motifs is 1. The van der Waals surface area contributed by atoms with Crippen LogP contribution in [0.2, 0.25) is 5.02 Å². The molecule has 0 bridgehead atoms. The molecule has 0 saturated carbocycles. The third-order valence-corrected chi connectivity index (χ3v) is 6.59. The quantitative estimate of drug-likeness (QED) is 0.696. The van der Waals surface area contributed by atoms with E-state index >= 15 is 0 Å². The number of thioether (sulfide) groups is 1. The van der Waals surface area contributed by atoms with Crippen LogP contribution in [-0.4, -0.2) is 63.2 Å². The number of carbonyl (C=O) groups is 2. The van der Waals surface area contributed by atoms with Crippen molar-refractivity contribution in [1.82, 2.24) is 10.2 Å². The third-order valence-electron chi connectivity index (χ3n) is 5.28. The number of ether oxygens (including phenoxy) is 1. The van der Waals surface area contributed by atoms with Crippen molar-refractivity contribution in [1.29, 1.82) is 0 Å². The van der Waals surface area contributed by atoms with E-state index in [9.17, 15) is 9.59 Å². The van der Waals surface area contributed by atoms with Crippen LogP contribution in [0.3, 0.4) is 0 Å². The fourth-order valence-corrected chi connectivity index (χ4v) is 4.83. The SMILES string of the molecule is CN1C(=O)/C(=C/c2cccc(Cl)c2)Sc2ccc(C(=O)NCCN3CCOCC3)cc21. The summed E-state index contributed by atoms with van der Waals surface area (Å²) in [7, 11) is 1.73. The number of nitrogens with zero attached hydrogens (tertiary/aromatic N) is 2. The molecule has 1 fully saturated rings. The number of morpholine rings is 1. The molecule has 2 aromatic rings. The minimum absolute atomic E-state index is 0.109. The third kappa shape index (κ3) is 5.30. The molecule has 4 rings (SSSR count). The topological polar surface area (TPSA) is 61.9 Å². The molecule has 2 aliphatic heterocycles. The van der Waals surface area contributed by atoms with Gasteiger partial charge in [-0.2, -0.15) is 0 Å². The summed E-state index contributed by atoms with van der Waals surface area (Å²) < 4.78 is 5.34. The van der Waals surface area contributed by atoms with Crippen LogP contribution >= 0.6 is 23.4 Å². The second-order valence-corrected chi connectivity index (χ2v) is 8.94. The van der Waals surface area contributed by atoms with Crippen LogP contribution in [0.15, 0.2) is 52.3 Å². The average molecular weight is 458 g/mol. The van der Waals surface area contributed by atoms with Crippen molar-refractivity contribution in [3.63, 3.8) is 0 Å². The van der Waals surface area contributed by atoms with E-state index in [1.807, 2.05) is 30.3 Å². The number of halogens is 1. The van der Waals surface area contributed by atoms with E-state index in [1.54, 1.807) is 30.1 Å². The lowest BCUT2D eigenvalue weighted by atomic mass is 10.1. The lowest BCUT2D eigenvalue weighted by Crippen LogP contribution is -2.41. The summed E-state index contributed by atoms with van der Waals surface area (Å²) in [5, 5.41) is 3.60. The van der Waals surface area contributed by atoms with Gasteiger partial charge < -0.3 is 15.0 Å². The van der Waals surface area contributed by atoms with Gasteiger partial charge in [0.1, 0.15) is 0 Å². The van der Waals surface area contributed by atoms with Crippen LogP contribution in [0.4, 0.5) is 5.69 Å². The van der Waals surface area contributed by atoms with Gasteiger partial charge in [-0.05, 0) is 42.0 Å². The second kappa shape index (κ2) is 9.87. The van der Waals surface area contributed by atoms with Gasteiger partial charge in [-0.1, -0.05) is 35.5 Å². The van der Waals surface area contributed by atoms with Gasteiger partial charge in [-0.25, -0.2) is 0 Å². The fraction of sp³-hybridized carbons (Fsp3) is 0.304. The molecule has 0 unspecified atom stereocenters. The molecule has 2 aromatic carbocycles. The summed E-state index contributed by atoms with van der Waals surface area (Å²) in [5.41, 5.74) is 2.15. The summed E-state index contributed by atoms with van der Waals surface area (Å²) in [6.07, 6.45) is 1.84. The summed E-state index contributed by atoms with van der Waals surface area (Å²) >= 11 is 7.46. The Bertz CT molecular complexity index is 1020. The zero-order chi connectivity index (χ0) is 21.8. The van der Waals surface area contributed by atoms with Crippen molar-refractivity contribution < 1.29 is 14.3 Å². The van der Waals surface area contributed by atoms with Crippen LogP contribution in [0.25, 0.3) is 6.08 Å². The normalized spacial score (nSPS) is 18.2. The lowest BCUT2D eigenvalue weighted by Gasteiger charge is -2.27. The van der Waals surface area contributed by atoms with Gasteiger partial charge in [-0.3, -0.25) is 14.5 Å². The highest BCUT2D eigenvalue weighted by atomic mass is 35.5. The van der Waals surface area contributed by atoms with Crippen molar-refractivity contribution >= 4 is 46.9 Å². The van der Waals surface area contributed by atoms with Crippen molar-refractivity contribution in [2.45, 2.75) is 4.90 Å². The average Bonchev–Trinajstić information content (AvgIpc) is 2.78. The highest BCUT2D eigenvalue weighted by molar-refractivity contribution is 8.04. The number of likely N-dealkylation sites (N-methyl/N-ethyl adjacent to an activating group) is 1. The van der Waals surface area contributed by atoms with Crippen molar-refractivity contribution in [3.8, 4) is 0 Å². The van der Waals surface area contributed by atoms with E-state index in [2.05, 4.69) is 10.2 Å². The Hall–Kier alpha value is -2.32. The number of benzene rings is 2. The van der Waals surface area contributed by atoms with Gasteiger partial charge in [-0.15, -0.1) is 0 Å². The molecule has 8 heteroatoms. The maximum absolute atomic E-state index is 12.9. The van der Waals surface area contributed by atoms with Gasteiger partial charge in [0.15, 0.2) is 0 Å². The first-order valence-electron chi connectivity index (χ1n) is 10.2. The molecule has 0 spiro atoms. The Morgan fingerprint density at radius 2 is 2.03 bits per heavy atom. The van der Waals surface area contributed by atoms with Gasteiger partial charge in [0, 0.05) is 48.7 Å². The highest BCUT2D eigenvalue weighted by Crippen LogP contribution is 2.42. The molecule has 31 heavy (non-hydrogen) atoms. The molecule has 1 N–H and O–H groups in total. The highest BCUT2D eigenvalue weighted by Gasteiger charge is 2.27. The number of amides is 2. The summed E-state index contributed by atoms with van der Waals surface area (Å²) in [4.78, 5) is 30.9. The van der Waals surface area contributed by atoms with Crippen LogP contribution in [0.1, 0.15) is 15.9 Å². The number of hydrogen-bond donors (Lipinski definition) is 1. The van der Waals surface area contributed by atoms with E-state index in [1.165, 1.54) is 11.8 Å². The maximum atomic E-state index is 12.9. The largest absolute Gasteiger partial charge is 0.379 e. The number of rotatable bonds is 5. The first-order valence-corrected chi connectivity index (χ1v) is 11.4. The van der Waals surface area contributed by atoms with E-state index < -0.39 is 0 Å². The van der Waals surface area contributed by atoms with E-state index in [0.29, 0.717) is 22.0 Å².